The first kappa shape index (κ1) is 14.0. The largest absolute Gasteiger partial charge is 0.298 e. The lowest BCUT2D eigenvalue weighted by atomic mass is 10.0. The Balaban J connectivity index is 1.78. The number of aryl methyl sites for hydroxylation is 2. The van der Waals surface area contributed by atoms with E-state index >= 15 is 0 Å². The maximum absolute atomic E-state index is 12.2. The number of fused-ring (bicyclic) bond motifs is 1. The summed E-state index contributed by atoms with van der Waals surface area (Å²) in [6.07, 6.45) is 4.50. The SMILES string of the molecule is O=C(Nc1nc2c(s1)CCCC2)c1ccc(Br)c(Cl)c1. The highest BCUT2D eigenvalue weighted by Crippen LogP contribution is 2.30. The first-order valence-corrected chi connectivity index (χ1v) is 8.37. The van der Waals surface area contributed by atoms with Crippen molar-refractivity contribution in [1.29, 1.82) is 0 Å². The third-order valence-corrected chi connectivity index (χ3v) is 5.55. The molecule has 104 valence electrons. The molecule has 0 spiro atoms. The molecule has 1 heterocycles. The van der Waals surface area contributed by atoms with E-state index in [2.05, 4.69) is 26.2 Å². The van der Waals surface area contributed by atoms with Crippen LogP contribution >= 0.6 is 38.9 Å². The van der Waals surface area contributed by atoms with Gasteiger partial charge in [-0.25, -0.2) is 4.98 Å². The van der Waals surface area contributed by atoms with Gasteiger partial charge in [-0.15, -0.1) is 11.3 Å². The predicted molar refractivity (Wildman–Crippen MR) is 85.9 cm³/mol. The summed E-state index contributed by atoms with van der Waals surface area (Å²) in [6.45, 7) is 0. The summed E-state index contributed by atoms with van der Waals surface area (Å²) < 4.78 is 0.778. The molecule has 1 aliphatic carbocycles. The van der Waals surface area contributed by atoms with Gasteiger partial charge in [0, 0.05) is 14.9 Å². The Morgan fingerprint density at radius 3 is 2.90 bits per heavy atom. The molecule has 2 aromatic rings. The molecule has 1 aromatic heterocycles. The molecule has 20 heavy (non-hydrogen) atoms. The first-order chi connectivity index (χ1) is 9.63. The summed E-state index contributed by atoms with van der Waals surface area (Å²) in [5, 5.41) is 4.06. The van der Waals surface area contributed by atoms with E-state index in [1.54, 1.807) is 29.5 Å². The number of rotatable bonds is 2. The van der Waals surface area contributed by atoms with Crippen molar-refractivity contribution in [3.8, 4) is 0 Å². The number of amides is 1. The number of aromatic nitrogens is 1. The molecule has 0 radical (unpaired) electrons. The number of nitrogens with zero attached hydrogens (tertiary/aromatic N) is 1. The van der Waals surface area contributed by atoms with Crippen LogP contribution in [0, 0.1) is 0 Å². The van der Waals surface area contributed by atoms with E-state index in [0.29, 0.717) is 15.7 Å². The molecule has 0 aliphatic heterocycles. The van der Waals surface area contributed by atoms with Crippen LogP contribution < -0.4 is 5.32 Å². The fraction of sp³-hybridized carbons (Fsp3) is 0.286. The molecule has 0 saturated carbocycles. The maximum atomic E-state index is 12.2. The van der Waals surface area contributed by atoms with Gasteiger partial charge in [0.25, 0.3) is 5.91 Å². The average Bonchev–Trinajstić information content (AvgIpc) is 2.83. The first-order valence-electron chi connectivity index (χ1n) is 6.38. The number of nitrogens with one attached hydrogen (secondary N) is 1. The van der Waals surface area contributed by atoms with E-state index in [0.717, 1.165) is 23.0 Å². The minimum Gasteiger partial charge on any atom is -0.298 e. The second kappa shape index (κ2) is 5.84. The molecule has 1 aromatic carbocycles. The van der Waals surface area contributed by atoms with Crippen LogP contribution in [0.5, 0.6) is 0 Å². The molecule has 1 amide bonds. The number of thiazole rings is 1. The van der Waals surface area contributed by atoms with Gasteiger partial charge in [-0.2, -0.15) is 0 Å². The highest BCUT2D eigenvalue weighted by molar-refractivity contribution is 9.10. The van der Waals surface area contributed by atoms with E-state index in [1.165, 1.54) is 17.7 Å². The molecule has 3 rings (SSSR count). The quantitative estimate of drug-likeness (QED) is 0.832. The fourth-order valence-corrected chi connectivity index (χ4v) is 3.68. The molecule has 0 unspecified atom stereocenters. The van der Waals surface area contributed by atoms with Gasteiger partial charge in [0.05, 0.1) is 10.7 Å². The van der Waals surface area contributed by atoms with Crippen LogP contribution in [-0.2, 0) is 12.8 Å². The van der Waals surface area contributed by atoms with Crippen molar-refractivity contribution in [2.24, 2.45) is 0 Å². The van der Waals surface area contributed by atoms with Crippen LogP contribution in [0.25, 0.3) is 0 Å². The summed E-state index contributed by atoms with van der Waals surface area (Å²) in [6, 6.07) is 5.15. The summed E-state index contributed by atoms with van der Waals surface area (Å²) in [5.74, 6) is -0.175. The Morgan fingerprint density at radius 2 is 2.15 bits per heavy atom. The Labute approximate surface area is 134 Å². The van der Waals surface area contributed by atoms with E-state index in [-0.39, 0.29) is 5.91 Å². The standard InChI is InChI=1S/C14H12BrClN2OS/c15-9-6-5-8(7-10(9)16)13(19)18-14-17-11-3-1-2-4-12(11)20-14/h5-7H,1-4H2,(H,17,18,19). The minimum absolute atomic E-state index is 0.175. The zero-order valence-corrected chi connectivity index (χ0v) is 13.7. The van der Waals surface area contributed by atoms with E-state index in [1.807, 2.05) is 0 Å². The predicted octanol–water partition coefficient (Wildman–Crippen LogP) is 4.69. The lowest BCUT2D eigenvalue weighted by Gasteiger charge is -2.06. The highest BCUT2D eigenvalue weighted by atomic mass is 79.9. The molecular formula is C14H12BrClN2OS. The van der Waals surface area contributed by atoms with Crippen molar-refractivity contribution in [3.05, 3.63) is 43.8 Å². The molecule has 0 saturated heterocycles. The number of hydrogen-bond acceptors (Lipinski definition) is 3. The third-order valence-electron chi connectivity index (χ3n) is 3.25. The van der Waals surface area contributed by atoms with Crippen molar-refractivity contribution < 1.29 is 4.79 Å². The normalized spacial score (nSPS) is 13.9. The van der Waals surface area contributed by atoms with Crippen molar-refractivity contribution in [2.75, 3.05) is 5.32 Å². The summed E-state index contributed by atoms with van der Waals surface area (Å²) in [7, 11) is 0. The molecule has 0 fully saturated rings. The van der Waals surface area contributed by atoms with Crippen molar-refractivity contribution >= 4 is 49.9 Å². The minimum atomic E-state index is -0.175. The van der Waals surface area contributed by atoms with E-state index in [9.17, 15) is 4.79 Å². The van der Waals surface area contributed by atoms with Gasteiger partial charge in [-0.05, 0) is 59.8 Å². The van der Waals surface area contributed by atoms with Gasteiger partial charge >= 0.3 is 0 Å². The average molecular weight is 372 g/mol. The molecule has 3 nitrogen and oxygen atoms in total. The lowest BCUT2D eigenvalue weighted by molar-refractivity contribution is 0.102. The number of anilines is 1. The van der Waals surface area contributed by atoms with Crippen LogP contribution in [0.15, 0.2) is 22.7 Å². The number of halogens is 2. The molecule has 0 bridgehead atoms. The zero-order chi connectivity index (χ0) is 14.1. The van der Waals surface area contributed by atoms with Gasteiger partial charge in [0.15, 0.2) is 5.13 Å². The topological polar surface area (TPSA) is 42.0 Å². The zero-order valence-electron chi connectivity index (χ0n) is 10.6. The van der Waals surface area contributed by atoms with Crippen LogP contribution in [0.2, 0.25) is 5.02 Å². The van der Waals surface area contributed by atoms with Crippen LogP contribution in [0.3, 0.4) is 0 Å². The van der Waals surface area contributed by atoms with Crippen molar-refractivity contribution in [3.63, 3.8) is 0 Å². The second-order valence-electron chi connectivity index (χ2n) is 4.68. The van der Waals surface area contributed by atoms with Gasteiger partial charge in [-0.1, -0.05) is 11.6 Å². The third kappa shape index (κ3) is 2.90. The summed E-state index contributed by atoms with van der Waals surface area (Å²) in [5.41, 5.74) is 1.68. The summed E-state index contributed by atoms with van der Waals surface area (Å²) in [4.78, 5) is 18.0. The number of benzene rings is 1. The molecule has 0 atom stereocenters. The Morgan fingerprint density at radius 1 is 1.35 bits per heavy atom. The Kier molecular flexibility index (Phi) is 4.10. The fourth-order valence-electron chi connectivity index (χ4n) is 2.21. The number of carbonyl (C=O) groups is 1. The Hall–Kier alpha value is -0.910. The molecular weight excluding hydrogens is 360 g/mol. The second-order valence-corrected chi connectivity index (χ2v) is 7.02. The van der Waals surface area contributed by atoms with Gasteiger partial charge in [0.1, 0.15) is 0 Å². The highest BCUT2D eigenvalue weighted by Gasteiger charge is 2.17. The van der Waals surface area contributed by atoms with Gasteiger partial charge < -0.3 is 0 Å². The molecule has 1 N–H and O–H groups in total. The van der Waals surface area contributed by atoms with Crippen LogP contribution in [0.1, 0.15) is 33.8 Å². The maximum Gasteiger partial charge on any atom is 0.257 e. The lowest BCUT2D eigenvalue weighted by Crippen LogP contribution is -2.11. The van der Waals surface area contributed by atoms with E-state index in [4.69, 9.17) is 11.6 Å². The van der Waals surface area contributed by atoms with Gasteiger partial charge in [0.2, 0.25) is 0 Å². The molecule has 6 heteroatoms. The summed E-state index contributed by atoms with van der Waals surface area (Å²) >= 11 is 10.9. The number of carbonyl (C=O) groups excluding carboxylic acids is 1. The monoisotopic (exact) mass is 370 g/mol. The van der Waals surface area contributed by atoms with Crippen molar-refractivity contribution in [2.45, 2.75) is 25.7 Å². The van der Waals surface area contributed by atoms with Gasteiger partial charge in [-0.3, -0.25) is 10.1 Å². The van der Waals surface area contributed by atoms with E-state index < -0.39 is 0 Å². The van der Waals surface area contributed by atoms with Crippen LogP contribution in [0.4, 0.5) is 5.13 Å². The number of hydrogen-bond donors (Lipinski definition) is 1. The van der Waals surface area contributed by atoms with Crippen molar-refractivity contribution in [1.82, 2.24) is 4.98 Å². The molecule has 1 aliphatic rings. The Bertz CT molecular complexity index is 648. The van der Waals surface area contributed by atoms with Crippen LogP contribution in [-0.4, -0.2) is 10.9 Å². The smallest absolute Gasteiger partial charge is 0.257 e.